The molecule has 1 aromatic rings. The third-order valence-electron chi connectivity index (χ3n) is 2.86. The number of hydrogen-bond donors (Lipinski definition) is 1. The number of carbonyl (C=O) groups is 2. The average molecular weight is 294 g/mol. The topological polar surface area (TPSA) is 85.4 Å². The summed E-state index contributed by atoms with van der Waals surface area (Å²) >= 11 is 0. The highest BCUT2D eigenvalue weighted by Crippen LogP contribution is 2.17. The molecule has 0 aliphatic carbocycles. The maximum atomic E-state index is 11.8. The molecule has 1 heterocycles. The van der Waals surface area contributed by atoms with Gasteiger partial charge in [-0.15, -0.1) is 0 Å². The monoisotopic (exact) mass is 294 g/mol. The van der Waals surface area contributed by atoms with Crippen LogP contribution in [-0.2, 0) is 14.3 Å². The molecule has 2 rings (SSSR count). The Morgan fingerprint density at radius 1 is 1.33 bits per heavy atom. The Morgan fingerprint density at radius 3 is 2.48 bits per heavy atom. The predicted molar refractivity (Wildman–Crippen MR) is 73.3 cm³/mol. The number of epoxide rings is 1. The first kappa shape index (κ1) is 15.5. The third kappa shape index (κ3) is 4.84. The highest BCUT2D eigenvalue weighted by atomic mass is 16.6. The van der Waals surface area contributed by atoms with Crippen LogP contribution in [0.2, 0.25) is 0 Å². The standard InChI is InChI=1S/C15H18O6/c1-15(2,18)14(17)10-3-5-11(6-4-10)20-9-13(16)21-8-12-7-19-12/h3-6,12,18H,7-9H2,1-2H3. The number of benzene rings is 1. The molecule has 0 saturated carbocycles. The first-order valence-corrected chi connectivity index (χ1v) is 6.63. The van der Waals surface area contributed by atoms with Crippen molar-refractivity contribution >= 4 is 11.8 Å². The summed E-state index contributed by atoms with van der Waals surface area (Å²) in [7, 11) is 0. The van der Waals surface area contributed by atoms with Gasteiger partial charge in [0.15, 0.2) is 12.4 Å². The fraction of sp³-hybridized carbons (Fsp3) is 0.467. The number of rotatable bonds is 7. The molecule has 114 valence electrons. The lowest BCUT2D eigenvalue weighted by molar-refractivity contribution is -0.146. The second kappa shape index (κ2) is 6.24. The van der Waals surface area contributed by atoms with E-state index in [4.69, 9.17) is 14.2 Å². The summed E-state index contributed by atoms with van der Waals surface area (Å²) in [6, 6.07) is 6.21. The van der Waals surface area contributed by atoms with E-state index >= 15 is 0 Å². The molecule has 1 aromatic carbocycles. The smallest absolute Gasteiger partial charge is 0.344 e. The van der Waals surface area contributed by atoms with Gasteiger partial charge in [-0.3, -0.25) is 4.79 Å². The van der Waals surface area contributed by atoms with E-state index in [1.54, 1.807) is 24.3 Å². The zero-order chi connectivity index (χ0) is 15.5. The Kier molecular flexibility index (Phi) is 4.59. The molecule has 1 unspecified atom stereocenters. The highest BCUT2D eigenvalue weighted by Gasteiger charge is 2.25. The number of esters is 1. The molecule has 0 aromatic heterocycles. The zero-order valence-corrected chi connectivity index (χ0v) is 12.0. The molecule has 0 spiro atoms. The molecule has 1 aliphatic rings. The molecule has 1 fully saturated rings. The minimum Gasteiger partial charge on any atom is -0.482 e. The van der Waals surface area contributed by atoms with E-state index in [1.165, 1.54) is 13.8 Å². The zero-order valence-electron chi connectivity index (χ0n) is 12.0. The van der Waals surface area contributed by atoms with Crippen molar-refractivity contribution in [2.75, 3.05) is 19.8 Å². The lowest BCUT2D eigenvalue weighted by Gasteiger charge is -2.15. The molecule has 6 nitrogen and oxygen atoms in total. The van der Waals surface area contributed by atoms with Gasteiger partial charge in [-0.2, -0.15) is 0 Å². The van der Waals surface area contributed by atoms with Gasteiger partial charge in [0.1, 0.15) is 24.1 Å². The molecule has 0 bridgehead atoms. The lowest BCUT2D eigenvalue weighted by atomic mass is 9.97. The number of ether oxygens (including phenoxy) is 3. The third-order valence-corrected chi connectivity index (χ3v) is 2.86. The number of Topliss-reactive ketones (excluding diaryl/α,β-unsaturated/α-hetero) is 1. The van der Waals surface area contributed by atoms with Gasteiger partial charge >= 0.3 is 5.97 Å². The summed E-state index contributed by atoms with van der Waals surface area (Å²) in [5, 5.41) is 9.64. The Labute approximate surface area is 122 Å². The van der Waals surface area contributed by atoms with Crippen LogP contribution in [0.15, 0.2) is 24.3 Å². The molecule has 1 saturated heterocycles. The summed E-state index contributed by atoms with van der Waals surface area (Å²) < 4.78 is 15.1. The lowest BCUT2D eigenvalue weighted by Crippen LogP contribution is -2.30. The van der Waals surface area contributed by atoms with Crippen LogP contribution in [0.3, 0.4) is 0 Å². The van der Waals surface area contributed by atoms with Gasteiger partial charge in [-0.05, 0) is 38.1 Å². The minimum absolute atomic E-state index is 0.0288. The van der Waals surface area contributed by atoms with Crippen LogP contribution in [0.25, 0.3) is 0 Å². The summed E-state index contributed by atoms with van der Waals surface area (Å²) in [5.74, 6) is -0.401. The first-order valence-electron chi connectivity index (χ1n) is 6.63. The quantitative estimate of drug-likeness (QED) is 0.458. The van der Waals surface area contributed by atoms with E-state index in [-0.39, 0.29) is 25.1 Å². The first-order chi connectivity index (χ1) is 9.86. The maximum absolute atomic E-state index is 11.8. The van der Waals surface area contributed by atoms with Gasteiger partial charge in [-0.25, -0.2) is 4.79 Å². The molecule has 1 atom stereocenters. The van der Waals surface area contributed by atoms with Gasteiger partial charge in [-0.1, -0.05) is 0 Å². The normalized spacial score (nSPS) is 17.2. The van der Waals surface area contributed by atoms with Crippen LogP contribution >= 0.6 is 0 Å². The largest absolute Gasteiger partial charge is 0.482 e. The van der Waals surface area contributed by atoms with Crippen molar-refractivity contribution in [1.82, 2.24) is 0 Å². The summed E-state index contributed by atoms with van der Waals surface area (Å²) in [4.78, 5) is 23.2. The second-order valence-electron chi connectivity index (χ2n) is 5.34. The fourth-order valence-corrected chi connectivity index (χ4v) is 1.59. The van der Waals surface area contributed by atoms with Gasteiger partial charge in [0.05, 0.1) is 6.61 Å². The summed E-state index contributed by atoms with van der Waals surface area (Å²) in [6.45, 7) is 3.54. The van der Waals surface area contributed by atoms with E-state index in [2.05, 4.69) is 0 Å². The molecule has 0 amide bonds. The average Bonchev–Trinajstić information content (AvgIpc) is 3.26. The van der Waals surface area contributed by atoms with Crippen LogP contribution in [0.5, 0.6) is 5.75 Å². The Balaban J connectivity index is 1.81. The van der Waals surface area contributed by atoms with Gasteiger partial charge in [0.2, 0.25) is 0 Å². The highest BCUT2D eigenvalue weighted by molar-refractivity contribution is 6.01. The predicted octanol–water partition coefficient (Wildman–Crippen LogP) is 0.961. The maximum Gasteiger partial charge on any atom is 0.344 e. The molecule has 0 radical (unpaired) electrons. The van der Waals surface area contributed by atoms with Crippen molar-refractivity contribution in [3.05, 3.63) is 29.8 Å². The van der Waals surface area contributed by atoms with Gasteiger partial charge in [0, 0.05) is 5.56 Å². The van der Waals surface area contributed by atoms with Crippen molar-refractivity contribution in [3.8, 4) is 5.75 Å². The van der Waals surface area contributed by atoms with Crippen LogP contribution in [0.1, 0.15) is 24.2 Å². The number of aliphatic hydroxyl groups is 1. The van der Waals surface area contributed by atoms with Gasteiger partial charge < -0.3 is 19.3 Å². The van der Waals surface area contributed by atoms with Crippen LogP contribution in [0, 0.1) is 0 Å². The number of ketones is 1. The van der Waals surface area contributed by atoms with Gasteiger partial charge in [0.25, 0.3) is 0 Å². The minimum atomic E-state index is -1.42. The van der Waals surface area contributed by atoms with Crippen molar-refractivity contribution in [3.63, 3.8) is 0 Å². The van der Waals surface area contributed by atoms with E-state index in [0.29, 0.717) is 17.9 Å². The molecule has 1 N–H and O–H groups in total. The fourth-order valence-electron chi connectivity index (χ4n) is 1.59. The van der Waals surface area contributed by atoms with Crippen molar-refractivity contribution in [1.29, 1.82) is 0 Å². The molecule has 1 aliphatic heterocycles. The van der Waals surface area contributed by atoms with Crippen molar-refractivity contribution < 1.29 is 28.9 Å². The van der Waals surface area contributed by atoms with Crippen LogP contribution in [-0.4, -0.2) is 48.4 Å². The summed E-state index contributed by atoms with van der Waals surface area (Å²) in [5.41, 5.74) is -1.04. The molecule has 6 heteroatoms. The van der Waals surface area contributed by atoms with E-state index in [9.17, 15) is 14.7 Å². The second-order valence-corrected chi connectivity index (χ2v) is 5.34. The molecule has 21 heavy (non-hydrogen) atoms. The van der Waals surface area contributed by atoms with Crippen molar-refractivity contribution in [2.45, 2.75) is 25.6 Å². The number of hydrogen-bond acceptors (Lipinski definition) is 6. The summed E-state index contributed by atoms with van der Waals surface area (Å²) in [6.07, 6.45) is 0.0288. The molecular weight excluding hydrogens is 276 g/mol. The molecular formula is C15H18O6. The SMILES string of the molecule is CC(C)(O)C(=O)c1ccc(OCC(=O)OCC2CO2)cc1. The van der Waals surface area contributed by atoms with E-state index in [0.717, 1.165) is 0 Å². The van der Waals surface area contributed by atoms with Crippen LogP contribution < -0.4 is 4.74 Å². The Bertz CT molecular complexity index is 510. The van der Waals surface area contributed by atoms with Crippen molar-refractivity contribution in [2.24, 2.45) is 0 Å². The van der Waals surface area contributed by atoms with Crippen LogP contribution in [0.4, 0.5) is 0 Å². The number of carbonyl (C=O) groups excluding carboxylic acids is 2. The van der Waals surface area contributed by atoms with E-state index in [1.807, 2.05) is 0 Å². The Hall–Kier alpha value is -1.92. The Morgan fingerprint density at radius 2 is 1.95 bits per heavy atom. The van der Waals surface area contributed by atoms with E-state index < -0.39 is 11.6 Å².